The molecule has 3 nitrogen and oxygen atoms in total. The first kappa shape index (κ1) is 18.0. The molecule has 4 aromatic rings. The van der Waals surface area contributed by atoms with Crippen molar-refractivity contribution >= 4 is 56.3 Å². The van der Waals surface area contributed by atoms with Gasteiger partial charge in [0.05, 0.1) is 15.2 Å². The van der Waals surface area contributed by atoms with Crippen molar-refractivity contribution in [1.82, 2.24) is 4.98 Å². The molecule has 0 radical (unpaired) electrons. The number of thiazole rings is 1. The Morgan fingerprint density at radius 2 is 1.81 bits per heavy atom. The fraction of sp³-hybridized carbons (Fsp3) is 0.0476. The van der Waals surface area contributed by atoms with E-state index in [0.717, 1.165) is 26.4 Å². The molecular weight excluding hydrogens is 399 g/mol. The van der Waals surface area contributed by atoms with Gasteiger partial charge in [-0.15, -0.1) is 11.3 Å². The van der Waals surface area contributed by atoms with E-state index in [1.807, 2.05) is 49.4 Å². The number of nitrogens with one attached hydrogen (secondary N) is 1. The number of hydrogen-bond acceptors (Lipinski definition) is 3. The Morgan fingerprint density at radius 3 is 2.56 bits per heavy atom. The van der Waals surface area contributed by atoms with Crippen LogP contribution in [0.2, 0.25) is 10.0 Å². The Kier molecular flexibility index (Phi) is 4.87. The third kappa shape index (κ3) is 3.69. The van der Waals surface area contributed by atoms with Crippen LogP contribution in [0.3, 0.4) is 0 Å². The lowest BCUT2D eigenvalue weighted by atomic mass is 10.1. The van der Waals surface area contributed by atoms with Crippen LogP contribution in [0.25, 0.3) is 20.8 Å². The summed E-state index contributed by atoms with van der Waals surface area (Å²) in [4.78, 5) is 17.1. The average Bonchev–Trinajstić information content (AvgIpc) is 3.07. The van der Waals surface area contributed by atoms with Crippen LogP contribution in [0.5, 0.6) is 0 Å². The highest BCUT2D eigenvalue weighted by Crippen LogP contribution is 2.35. The van der Waals surface area contributed by atoms with E-state index in [9.17, 15) is 4.79 Å². The highest BCUT2D eigenvalue weighted by Gasteiger charge is 2.12. The van der Waals surface area contributed by atoms with Gasteiger partial charge in [-0.05, 0) is 55.0 Å². The maximum Gasteiger partial charge on any atom is 0.255 e. The molecule has 0 atom stereocenters. The van der Waals surface area contributed by atoms with Crippen molar-refractivity contribution in [2.45, 2.75) is 6.92 Å². The summed E-state index contributed by atoms with van der Waals surface area (Å²) in [7, 11) is 0. The first-order valence-electron chi connectivity index (χ1n) is 8.24. The third-order valence-corrected chi connectivity index (χ3v) is 5.97. The van der Waals surface area contributed by atoms with Crippen molar-refractivity contribution in [2.75, 3.05) is 5.32 Å². The second-order valence-corrected chi connectivity index (χ2v) is 7.94. The molecule has 6 heteroatoms. The zero-order valence-electron chi connectivity index (χ0n) is 14.3. The SMILES string of the molecule is Cc1ccc(C(=O)Nc2ccc(-c3nc4ccccc4s3)c(Cl)c2)cc1Cl. The fourth-order valence-corrected chi connectivity index (χ4v) is 4.20. The quantitative estimate of drug-likeness (QED) is 0.400. The predicted octanol–water partition coefficient (Wildman–Crippen LogP) is 6.83. The van der Waals surface area contributed by atoms with Crippen LogP contribution in [0.1, 0.15) is 15.9 Å². The lowest BCUT2D eigenvalue weighted by molar-refractivity contribution is 0.102. The van der Waals surface area contributed by atoms with Gasteiger partial charge in [0.25, 0.3) is 5.91 Å². The van der Waals surface area contributed by atoms with Crippen molar-refractivity contribution in [3.05, 3.63) is 81.8 Å². The molecule has 0 aliphatic rings. The van der Waals surface area contributed by atoms with Crippen LogP contribution in [-0.2, 0) is 0 Å². The van der Waals surface area contributed by atoms with E-state index in [1.165, 1.54) is 0 Å². The number of nitrogens with zero attached hydrogens (tertiary/aromatic N) is 1. The summed E-state index contributed by atoms with van der Waals surface area (Å²) in [5.74, 6) is -0.235. The number of fused-ring (bicyclic) bond motifs is 1. The second-order valence-electron chi connectivity index (χ2n) is 6.10. The van der Waals surface area contributed by atoms with E-state index in [0.29, 0.717) is 21.3 Å². The number of hydrogen-bond donors (Lipinski definition) is 1. The zero-order valence-corrected chi connectivity index (χ0v) is 16.6. The molecule has 0 fully saturated rings. The lowest BCUT2D eigenvalue weighted by Gasteiger charge is -2.08. The van der Waals surface area contributed by atoms with Crippen LogP contribution < -0.4 is 5.32 Å². The highest BCUT2D eigenvalue weighted by atomic mass is 35.5. The van der Waals surface area contributed by atoms with Crippen molar-refractivity contribution in [3.8, 4) is 10.6 Å². The van der Waals surface area contributed by atoms with Gasteiger partial charge in [0.2, 0.25) is 0 Å². The summed E-state index contributed by atoms with van der Waals surface area (Å²) in [5, 5.41) is 4.80. The molecule has 0 saturated heterocycles. The topological polar surface area (TPSA) is 42.0 Å². The van der Waals surface area contributed by atoms with E-state index in [4.69, 9.17) is 23.2 Å². The van der Waals surface area contributed by atoms with Crippen LogP contribution in [0, 0.1) is 6.92 Å². The smallest absolute Gasteiger partial charge is 0.255 e. The molecule has 0 aliphatic carbocycles. The van der Waals surface area contributed by atoms with Crippen LogP contribution >= 0.6 is 34.5 Å². The van der Waals surface area contributed by atoms with Gasteiger partial charge in [0.15, 0.2) is 0 Å². The number of anilines is 1. The van der Waals surface area contributed by atoms with Gasteiger partial charge in [-0.3, -0.25) is 4.79 Å². The Balaban J connectivity index is 1.59. The molecule has 0 spiro atoms. The van der Waals surface area contributed by atoms with Crippen LogP contribution in [0.4, 0.5) is 5.69 Å². The van der Waals surface area contributed by atoms with E-state index in [2.05, 4.69) is 10.3 Å². The Hall–Kier alpha value is -2.40. The number of halogens is 2. The summed E-state index contributed by atoms with van der Waals surface area (Å²) in [6, 6.07) is 18.6. The number of benzene rings is 3. The Labute approximate surface area is 170 Å². The molecule has 1 amide bonds. The minimum absolute atomic E-state index is 0.235. The molecule has 3 aromatic carbocycles. The van der Waals surface area contributed by atoms with E-state index < -0.39 is 0 Å². The third-order valence-electron chi connectivity index (χ3n) is 4.19. The van der Waals surface area contributed by atoms with Crippen molar-refractivity contribution in [3.63, 3.8) is 0 Å². The van der Waals surface area contributed by atoms with Crippen molar-refractivity contribution in [1.29, 1.82) is 0 Å². The van der Waals surface area contributed by atoms with E-state index in [1.54, 1.807) is 29.5 Å². The second kappa shape index (κ2) is 7.31. The first-order valence-corrected chi connectivity index (χ1v) is 9.81. The molecule has 0 unspecified atom stereocenters. The Morgan fingerprint density at radius 1 is 1.00 bits per heavy atom. The van der Waals surface area contributed by atoms with Gasteiger partial charge in [-0.1, -0.05) is 41.4 Å². The standard InChI is InChI=1S/C21H14Cl2N2OS/c1-12-6-7-13(10-16(12)22)20(26)24-14-8-9-15(17(23)11-14)21-25-18-4-2-3-5-19(18)27-21/h2-11H,1H3,(H,24,26). The summed E-state index contributed by atoms with van der Waals surface area (Å²) in [6.45, 7) is 1.89. The number of rotatable bonds is 3. The maximum absolute atomic E-state index is 12.4. The van der Waals surface area contributed by atoms with Crippen LogP contribution in [0.15, 0.2) is 60.7 Å². The minimum Gasteiger partial charge on any atom is -0.322 e. The molecule has 134 valence electrons. The number of carbonyl (C=O) groups is 1. The lowest BCUT2D eigenvalue weighted by Crippen LogP contribution is -2.11. The van der Waals surface area contributed by atoms with E-state index in [-0.39, 0.29) is 5.91 Å². The largest absolute Gasteiger partial charge is 0.322 e. The summed E-state index contributed by atoms with van der Waals surface area (Å²) in [5.41, 5.74) is 3.83. The van der Waals surface area contributed by atoms with Crippen molar-refractivity contribution in [2.24, 2.45) is 0 Å². The highest BCUT2D eigenvalue weighted by molar-refractivity contribution is 7.21. The average molecular weight is 413 g/mol. The molecule has 1 aromatic heterocycles. The van der Waals surface area contributed by atoms with E-state index >= 15 is 0 Å². The van der Waals surface area contributed by atoms with Crippen molar-refractivity contribution < 1.29 is 4.79 Å². The minimum atomic E-state index is -0.235. The summed E-state index contributed by atoms with van der Waals surface area (Å²) < 4.78 is 1.11. The van der Waals surface area contributed by atoms with Gasteiger partial charge >= 0.3 is 0 Å². The fourth-order valence-electron chi connectivity index (χ4n) is 2.69. The zero-order chi connectivity index (χ0) is 19.0. The first-order chi connectivity index (χ1) is 13.0. The van der Waals surface area contributed by atoms with Gasteiger partial charge in [-0.2, -0.15) is 0 Å². The normalized spacial score (nSPS) is 10.9. The monoisotopic (exact) mass is 412 g/mol. The molecular formula is C21H14Cl2N2OS. The molecule has 0 saturated carbocycles. The molecule has 4 rings (SSSR count). The van der Waals surface area contributed by atoms with Gasteiger partial charge < -0.3 is 5.32 Å². The molecule has 27 heavy (non-hydrogen) atoms. The Bertz CT molecular complexity index is 1140. The summed E-state index contributed by atoms with van der Waals surface area (Å²) in [6.07, 6.45) is 0. The van der Waals surface area contributed by atoms with Gasteiger partial charge in [0.1, 0.15) is 5.01 Å². The van der Waals surface area contributed by atoms with Gasteiger partial charge in [-0.25, -0.2) is 4.98 Å². The number of aryl methyl sites for hydroxylation is 1. The molecule has 0 bridgehead atoms. The van der Waals surface area contributed by atoms with Crippen LogP contribution in [-0.4, -0.2) is 10.9 Å². The molecule has 0 aliphatic heterocycles. The molecule has 1 N–H and O–H groups in total. The number of carbonyl (C=O) groups excluding carboxylic acids is 1. The molecule has 1 heterocycles. The maximum atomic E-state index is 12.4. The summed E-state index contributed by atoms with van der Waals surface area (Å²) >= 11 is 14.1. The van der Waals surface area contributed by atoms with Gasteiger partial charge in [0, 0.05) is 21.8 Å². The number of amides is 1. The predicted molar refractivity (Wildman–Crippen MR) is 114 cm³/mol. The number of aromatic nitrogens is 1. The number of para-hydroxylation sites is 1.